The minimum atomic E-state index is -0.339. The number of hydrogen-bond donors (Lipinski definition) is 1. The molecule has 0 radical (unpaired) electrons. The lowest BCUT2D eigenvalue weighted by Crippen LogP contribution is -2.15. The first-order valence-corrected chi connectivity index (χ1v) is 8.35. The van der Waals surface area contributed by atoms with E-state index in [0.29, 0.717) is 22.0 Å². The van der Waals surface area contributed by atoms with E-state index in [-0.39, 0.29) is 5.82 Å². The van der Waals surface area contributed by atoms with Crippen LogP contribution >= 0.6 is 31.9 Å². The number of nitrogens with one attached hydrogen (secondary N) is 1. The Hall–Kier alpha value is -0.910. The predicted octanol–water partition coefficient (Wildman–Crippen LogP) is 5.40. The van der Waals surface area contributed by atoms with Crippen LogP contribution in [0.5, 0.6) is 11.5 Å². The lowest BCUT2D eigenvalue weighted by molar-refractivity contribution is 0.473. The molecule has 0 atom stereocenters. The Kier molecular flexibility index (Phi) is 4.62. The minimum Gasteiger partial charge on any atom is -0.456 e. The van der Waals surface area contributed by atoms with Gasteiger partial charge in [0.25, 0.3) is 0 Å². The third-order valence-electron chi connectivity index (χ3n) is 3.29. The molecule has 0 unspecified atom stereocenters. The first-order valence-electron chi connectivity index (χ1n) is 6.76. The van der Waals surface area contributed by atoms with E-state index in [2.05, 4.69) is 37.2 Å². The van der Waals surface area contributed by atoms with Gasteiger partial charge in [0, 0.05) is 18.7 Å². The van der Waals surface area contributed by atoms with Crippen molar-refractivity contribution >= 4 is 31.9 Å². The zero-order chi connectivity index (χ0) is 14.8. The average Bonchev–Trinajstić information content (AvgIpc) is 3.27. The van der Waals surface area contributed by atoms with Gasteiger partial charge in [-0.1, -0.05) is 6.07 Å². The molecule has 3 rings (SSSR count). The first kappa shape index (κ1) is 15.0. The Morgan fingerprint density at radius 1 is 1.10 bits per heavy atom. The molecule has 1 aliphatic rings. The zero-order valence-corrected chi connectivity index (χ0v) is 14.4. The summed E-state index contributed by atoms with van der Waals surface area (Å²) < 4.78 is 20.5. The van der Waals surface area contributed by atoms with Crippen LogP contribution in [0, 0.1) is 5.82 Å². The molecule has 1 N–H and O–H groups in total. The Morgan fingerprint density at radius 2 is 1.90 bits per heavy atom. The van der Waals surface area contributed by atoms with Crippen LogP contribution in [0.1, 0.15) is 18.4 Å². The maximum atomic E-state index is 13.5. The van der Waals surface area contributed by atoms with Crippen LogP contribution in [-0.4, -0.2) is 6.04 Å². The fraction of sp³-hybridized carbons (Fsp3) is 0.250. The van der Waals surface area contributed by atoms with E-state index in [1.165, 1.54) is 24.5 Å². The largest absolute Gasteiger partial charge is 0.456 e. The van der Waals surface area contributed by atoms with Crippen LogP contribution in [0.15, 0.2) is 45.3 Å². The van der Waals surface area contributed by atoms with Crippen molar-refractivity contribution < 1.29 is 9.13 Å². The number of halogens is 3. The van der Waals surface area contributed by atoms with Gasteiger partial charge in [0.15, 0.2) is 0 Å². The van der Waals surface area contributed by atoms with Gasteiger partial charge in [0.05, 0.1) is 8.95 Å². The van der Waals surface area contributed by atoms with E-state index < -0.39 is 0 Å². The molecule has 5 heteroatoms. The van der Waals surface area contributed by atoms with Crippen LogP contribution in [0.3, 0.4) is 0 Å². The molecule has 21 heavy (non-hydrogen) atoms. The maximum Gasteiger partial charge on any atom is 0.141 e. The molecular weight excluding hydrogens is 401 g/mol. The first-order chi connectivity index (χ1) is 10.1. The molecule has 2 aromatic carbocycles. The third-order valence-corrected chi connectivity index (χ3v) is 4.55. The summed E-state index contributed by atoms with van der Waals surface area (Å²) in [5.74, 6) is 0.807. The second-order valence-electron chi connectivity index (χ2n) is 5.10. The second kappa shape index (κ2) is 6.46. The van der Waals surface area contributed by atoms with Crippen molar-refractivity contribution in [2.45, 2.75) is 25.4 Å². The molecule has 0 aromatic heterocycles. The maximum absolute atomic E-state index is 13.5. The molecule has 110 valence electrons. The lowest BCUT2D eigenvalue weighted by atomic mass is 10.2. The van der Waals surface area contributed by atoms with Gasteiger partial charge in [-0.05, 0) is 74.5 Å². The molecule has 1 aliphatic carbocycles. The van der Waals surface area contributed by atoms with Crippen LogP contribution < -0.4 is 10.1 Å². The van der Waals surface area contributed by atoms with Gasteiger partial charge in [-0.2, -0.15) is 0 Å². The summed E-state index contributed by atoms with van der Waals surface area (Å²) in [5.41, 5.74) is 1.20. The average molecular weight is 415 g/mol. The molecule has 0 spiro atoms. The highest BCUT2D eigenvalue weighted by molar-refractivity contribution is 9.10. The summed E-state index contributed by atoms with van der Waals surface area (Å²) in [6, 6.07) is 11.3. The van der Waals surface area contributed by atoms with Gasteiger partial charge < -0.3 is 10.1 Å². The number of hydrogen-bond acceptors (Lipinski definition) is 2. The van der Waals surface area contributed by atoms with Gasteiger partial charge in [-0.15, -0.1) is 0 Å². The van der Waals surface area contributed by atoms with Crippen molar-refractivity contribution in [1.29, 1.82) is 0 Å². The summed E-state index contributed by atoms with van der Waals surface area (Å²) in [6.45, 7) is 0.858. The Labute approximate surface area is 140 Å². The number of benzene rings is 2. The van der Waals surface area contributed by atoms with Crippen LogP contribution in [0.25, 0.3) is 0 Å². The molecule has 1 fully saturated rings. The molecule has 2 nitrogen and oxygen atoms in total. The second-order valence-corrected chi connectivity index (χ2v) is 6.81. The van der Waals surface area contributed by atoms with Gasteiger partial charge in [-0.25, -0.2) is 4.39 Å². The number of ether oxygens (including phenoxy) is 1. The normalized spacial score (nSPS) is 14.2. The number of rotatable bonds is 5. The van der Waals surface area contributed by atoms with E-state index in [4.69, 9.17) is 4.74 Å². The van der Waals surface area contributed by atoms with Gasteiger partial charge in [0.2, 0.25) is 0 Å². The van der Waals surface area contributed by atoms with Gasteiger partial charge in [0.1, 0.15) is 17.3 Å². The monoisotopic (exact) mass is 413 g/mol. The quantitative estimate of drug-likeness (QED) is 0.707. The van der Waals surface area contributed by atoms with E-state index >= 15 is 0 Å². The van der Waals surface area contributed by atoms with Crippen LogP contribution in [0.4, 0.5) is 4.39 Å². The predicted molar refractivity (Wildman–Crippen MR) is 88.2 cm³/mol. The Bertz CT molecular complexity index is 659. The molecule has 0 aliphatic heterocycles. The van der Waals surface area contributed by atoms with E-state index in [1.807, 2.05) is 18.2 Å². The highest BCUT2D eigenvalue weighted by Crippen LogP contribution is 2.32. The summed E-state index contributed by atoms with van der Waals surface area (Å²) in [5, 5.41) is 3.47. The highest BCUT2D eigenvalue weighted by atomic mass is 79.9. The molecule has 0 heterocycles. The van der Waals surface area contributed by atoms with Gasteiger partial charge in [-0.3, -0.25) is 0 Å². The van der Waals surface area contributed by atoms with Crippen molar-refractivity contribution in [1.82, 2.24) is 5.32 Å². The SMILES string of the molecule is Fc1cc(Oc2ccc(CNC3CC3)cc2Br)ccc1Br. The smallest absolute Gasteiger partial charge is 0.141 e. The summed E-state index contributed by atoms with van der Waals surface area (Å²) in [7, 11) is 0. The lowest BCUT2D eigenvalue weighted by Gasteiger charge is -2.10. The summed E-state index contributed by atoms with van der Waals surface area (Å²) in [6.07, 6.45) is 2.55. The summed E-state index contributed by atoms with van der Waals surface area (Å²) >= 11 is 6.63. The molecular formula is C16H14Br2FNO. The standard InChI is InChI=1S/C16H14Br2FNO/c17-13-5-4-12(8-15(13)19)21-16-6-1-10(7-14(16)18)9-20-11-2-3-11/h1,4-8,11,20H,2-3,9H2. The van der Waals surface area contributed by atoms with E-state index in [0.717, 1.165) is 11.0 Å². The van der Waals surface area contributed by atoms with Crippen molar-refractivity contribution in [3.8, 4) is 11.5 Å². The fourth-order valence-corrected chi connectivity index (χ4v) is 2.71. The molecule has 1 saturated carbocycles. The Balaban J connectivity index is 1.70. The Morgan fingerprint density at radius 3 is 2.57 bits per heavy atom. The van der Waals surface area contributed by atoms with E-state index in [1.54, 1.807) is 12.1 Å². The third kappa shape index (κ3) is 4.05. The summed E-state index contributed by atoms with van der Waals surface area (Å²) in [4.78, 5) is 0. The van der Waals surface area contributed by atoms with Crippen molar-refractivity contribution in [2.75, 3.05) is 0 Å². The van der Waals surface area contributed by atoms with Crippen molar-refractivity contribution in [3.05, 3.63) is 56.7 Å². The molecule has 0 saturated heterocycles. The highest BCUT2D eigenvalue weighted by Gasteiger charge is 2.20. The van der Waals surface area contributed by atoms with Gasteiger partial charge >= 0.3 is 0 Å². The topological polar surface area (TPSA) is 21.3 Å². The van der Waals surface area contributed by atoms with Crippen LogP contribution in [-0.2, 0) is 6.54 Å². The minimum absolute atomic E-state index is 0.339. The van der Waals surface area contributed by atoms with Crippen LogP contribution in [0.2, 0.25) is 0 Å². The molecule has 2 aromatic rings. The molecule has 0 bridgehead atoms. The van der Waals surface area contributed by atoms with Crippen molar-refractivity contribution in [3.63, 3.8) is 0 Å². The van der Waals surface area contributed by atoms with E-state index in [9.17, 15) is 4.39 Å². The fourth-order valence-electron chi connectivity index (χ4n) is 1.95. The van der Waals surface area contributed by atoms with Crippen molar-refractivity contribution in [2.24, 2.45) is 0 Å². The molecule has 0 amide bonds. The zero-order valence-electron chi connectivity index (χ0n) is 11.2.